The molecule has 2 unspecified atom stereocenters. The minimum atomic E-state index is -0.572. The summed E-state index contributed by atoms with van der Waals surface area (Å²) in [4.78, 5) is 13.9. The summed E-state index contributed by atoms with van der Waals surface area (Å²) in [5.41, 5.74) is 5.55. The van der Waals surface area contributed by atoms with Crippen molar-refractivity contribution in [3.05, 3.63) is 0 Å². The number of nitrogens with two attached hydrogens (primary N) is 1. The van der Waals surface area contributed by atoms with Crippen LogP contribution in [0.5, 0.6) is 0 Å². The molecule has 0 aromatic rings. The van der Waals surface area contributed by atoms with Crippen LogP contribution in [0, 0.1) is 5.92 Å². The van der Waals surface area contributed by atoms with E-state index in [1.54, 1.807) is 4.90 Å². The van der Waals surface area contributed by atoms with E-state index < -0.39 is 5.92 Å². The second-order valence-corrected chi connectivity index (χ2v) is 4.38. The quantitative estimate of drug-likeness (QED) is 0.276. The molecule has 2 atom stereocenters. The largest absolute Gasteiger partial charge is 0.409 e. The highest BCUT2D eigenvalue weighted by atomic mass is 16.4. The van der Waals surface area contributed by atoms with Crippen LogP contribution in [0.4, 0.5) is 0 Å². The maximum absolute atomic E-state index is 12.2. The van der Waals surface area contributed by atoms with Crippen LogP contribution in [-0.4, -0.2) is 46.1 Å². The first-order chi connectivity index (χ1) is 8.15. The molecule has 6 nitrogen and oxygen atoms in total. The zero-order valence-electron chi connectivity index (χ0n) is 10.2. The van der Waals surface area contributed by atoms with Crippen molar-refractivity contribution in [2.24, 2.45) is 16.8 Å². The van der Waals surface area contributed by atoms with E-state index in [4.69, 9.17) is 10.9 Å². The van der Waals surface area contributed by atoms with E-state index in [-0.39, 0.29) is 24.4 Å². The highest BCUT2D eigenvalue weighted by Gasteiger charge is 2.34. The lowest BCUT2D eigenvalue weighted by molar-refractivity contribution is -0.135. The van der Waals surface area contributed by atoms with Gasteiger partial charge in [0.1, 0.15) is 0 Å². The SMILES string of the molecule is CCCC(C(=O)N1CCCC1CO)C(N)=NO. The molecule has 1 heterocycles. The van der Waals surface area contributed by atoms with E-state index >= 15 is 0 Å². The van der Waals surface area contributed by atoms with Crippen LogP contribution in [0.2, 0.25) is 0 Å². The Kier molecular flexibility index (Phi) is 5.21. The van der Waals surface area contributed by atoms with Crippen molar-refractivity contribution in [1.82, 2.24) is 4.90 Å². The zero-order chi connectivity index (χ0) is 12.8. The zero-order valence-corrected chi connectivity index (χ0v) is 10.2. The molecule has 98 valence electrons. The highest BCUT2D eigenvalue weighted by Crippen LogP contribution is 2.21. The van der Waals surface area contributed by atoms with Gasteiger partial charge in [0.2, 0.25) is 5.91 Å². The minimum absolute atomic E-state index is 0.0270. The molecule has 1 rings (SSSR count). The molecule has 1 aliphatic heterocycles. The first kappa shape index (κ1) is 13.8. The third kappa shape index (κ3) is 3.09. The molecule has 6 heteroatoms. The molecule has 1 fully saturated rings. The predicted molar refractivity (Wildman–Crippen MR) is 63.6 cm³/mol. The summed E-state index contributed by atoms with van der Waals surface area (Å²) in [6.45, 7) is 2.56. The van der Waals surface area contributed by atoms with Gasteiger partial charge < -0.3 is 20.9 Å². The number of hydrogen-bond acceptors (Lipinski definition) is 4. The maximum Gasteiger partial charge on any atom is 0.233 e. The molecule has 1 amide bonds. The molecule has 0 aromatic heterocycles. The third-order valence-electron chi connectivity index (χ3n) is 3.22. The van der Waals surface area contributed by atoms with E-state index in [9.17, 15) is 9.90 Å². The van der Waals surface area contributed by atoms with Crippen LogP contribution in [0.15, 0.2) is 5.16 Å². The third-order valence-corrected chi connectivity index (χ3v) is 3.22. The number of carbonyl (C=O) groups is 1. The molecule has 1 aliphatic rings. The van der Waals surface area contributed by atoms with Gasteiger partial charge in [-0.15, -0.1) is 0 Å². The van der Waals surface area contributed by atoms with Crippen molar-refractivity contribution in [2.75, 3.05) is 13.2 Å². The highest BCUT2D eigenvalue weighted by molar-refractivity contribution is 6.02. The number of aliphatic hydroxyl groups excluding tert-OH is 1. The van der Waals surface area contributed by atoms with Gasteiger partial charge in [0.05, 0.1) is 18.6 Å². The first-order valence-electron chi connectivity index (χ1n) is 6.04. The van der Waals surface area contributed by atoms with Crippen LogP contribution in [0.1, 0.15) is 32.6 Å². The van der Waals surface area contributed by atoms with Gasteiger partial charge in [-0.25, -0.2) is 0 Å². The molecule has 0 spiro atoms. The lowest BCUT2D eigenvalue weighted by Gasteiger charge is -2.27. The van der Waals surface area contributed by atoms with Gasteiger partial charge >= 0.3 is 0 Å². The topological polar surface area (TPSA) is 99.2 Å². The van der Waals surface area contributed by atoms with Crippen molar-refractivity contribution >= 4 is 11.7 Å². The number of aliphatic hydroxyl groups is 1. The van der Waals surface area contributed by atoms with E-state index in [1.165, 1.54) is 0 Å². The Bertz CT molecular complexity index is 294. The normalized spacial score (nSPS) is 22.8. The summed E-state index contributed by atoms with van der Waals surface area (Å²) in [6, 6.07) is -0.117. The van der Waals surface area contributed by atoms with Gasteiger partial charge in [-0.1, -0.05) is 18.5 Å². The molecular formula is C11H21N3O3. The van der Waals surface area contributed by atoms with Crippen LogP contribution in [0.25, 0.3) is 0 Å². The number of rotatable bonds is 5. The molecule has 0 bridgehead atoms. The van der Waals surface area contributed by atoms with Gasteiger partial charge in [0, 0.05) is 6.54 Å². The van der Waals surface area contributed by atoms with Gasteiger partial charge in [0.25, 0.3) is 0 Å². The van der Waals surface area contributed by atoms with E-state index in [0.717, 1.165) is 19.3 Å². The molecule has 4 N–H and O–H groups in total. The molecule has 17 heavy (non-hydrogen) atoms. The van der Waals surface area contributed by atoms with Crippen molar-refractivity contribution in [1.29, 1.82) is 0 Å². The fourth-order valence-electron chi connectivity index (χ4n) is 2.27. The Hall–Kier alpha value is -1.30. The number of hydrogen-bond donors (Lipinski definition) is 3. The monoisotopic (exact) mass is 243 g/mol. The second kappa shape index (κ2) is 6.44. The summed E-state index contributed by atoms with van der Waals surface area (Å²) >= 11 is 0. The fourth-order valence-corrected chi connectivity index (χ4v) is 2.27. The number of amidine groups is 1. The van der Waals surface area contributed by atoms with Gasteiger partial charge in [0.15, 0.2) is 5.84 Å². The van der Waals surface area contributed by atoms with Crippen molar-refractivity contribution in [3.8, 4) is 0 Å². The average molecular weight is 243 g/mol. The Morgan fingerprint density at radius 1 is 1.65 bits per heavy atom. The Labute approximate surface area is 101 Å². The van der Waals surface area contributed by atoms with Crippen molar-refractivity contribution in [3.63, 3.8) is 0 Å². The fraction of sp³-hybridized carbons (Fsp3) is 0.818. The standard InChI is InChI=1S/C11H21N3O3/c1-2-4-9(10(12)13-17)11(16)14-6-3-5-8(14)7-15/h8-9,15,17H,2-7H2,1H3,(H2,12,13). The molecular weight excluding hydrogens is 222 g/mol. The number of carbonyl (C=O) groups excluding carboxylic acids is 1. The van der Waals surface area contributed by atoms with E-state index in [1.807, 2.05) is 6.92 Å². The molecule has 1 saturated heterocycles. The Balaban J connectivity index is 2.77. The minimum Gasteiger partial charge on any atom is -0.409 e. The van der Waals surface area contributed by atoms with Crippen LogP contribution in [-0.2, 0) is 4.79 Å². The summed E-state index contributed by atoms with van der Waals surface area (Å²) in [5.74, 6) is -0.753. The van der Waals surface area contributed by atoms with Crippen LogP contribution >= 0.6 is 0 Å². The average Bonchev–Trinajstić information content (AvgIpc) is 2.82. The molecule has 0 saturated carbocycles. The summed E-state index contributed by atoms with van der Waals surface area (Å²) in [6.07, 6.45) is 3.05. The molecule has 0 aliphatic carbocycles. The molecule has 0 radical (unpaired) electrons. The van der Waals surface area contributed by atoms with Crippen molar-refractivity contribution in [2.45, 2.75) is 38.6 Å². The van der Waals surface area contributed by atoms with Gasteiger partial charge in [-0.2, -0.15) is 0 Å². The Morgan fingerprint density at radius 2 is 2.35 bits per heavy atom. The smallest absolute Gasteiger partial charge is 0.233 e. The number of likely N-dealkylation sites (tertiary alicyclic amines) is 1. The van der Waals surface area contributed by atoms with E-state index in [2.05, 4.69) is 5.16 Å². The van der Waals surface area contributed by atoms with Crippen molar-refractivity contribution < 1.29 is 15.1 Å². The summed E-state index contributed by atoms with van der Waals surface area (Å²) < 4.78 is 0. The van der Waals surface area contributed by atoms with E-state index in [0.29, 0.717) is 13.0 Å². The lowest BCUT2D eigenvalue weighted by Crippen LogP contribution is -2.45. The van der Waals surface area contributed by atoms with Gasteiger partial charge in [-0.05, 0) is 19.3 Å². The first-order valence-corrected chi connectivity index (χ1v) is 6.04. The summed E-state index contributed by atoms with van der Waals surface area (Å²) in [7, 11) is 0. The number of oxime groups is 1. The molecule has 0 aromatic carbocycles. The maximum atomic E-state index is 12.2. The second-order valence-electron chi connectivity index (χ2n) is 4.38. The Morgan fingerprint density at radius 3 is 2.88 bits per heavy atom. The van der Waals surface area contributed by atoms with Gasteiger partial charge in [-0.3, -0.25) is 4.79 Å². The van der Waals surface area contributed by atoms with Crippen LogP contribution in [0.3, 0.4) is 0 Å². The van der Waals surface area contributed by atoms with Crippen LogP contribution < -0.4 is 5.73 Å². The number of nitrogens with zero attached hydrogens (tertiary/aromatic N) is 2. The summed E-state index contributed by atoms with van der Waals surface area (Å²) in [5, 5.41) is 20.8. The predicted octanol–water partition coefficient (Wildman–Crippen LogP) is 0.132. The number of amides is 1. The lowest BCUT2D eigenvalue weighted by atomic mass is 10.0.